The standard InChI is InChI=1S/C24H17BrCl2N2O2/c1-15-2-4-16(5-3-15)14-31-23-9-6-17(11-20(23)25)10-18(13-28)24(30)29-19-7-8-21(26)22(27)12-19/h2-12H,14H2,1H3,(H,29,30)/b18-10+. The van der Waals surface area contributed by atoms with Gasteiger partial charge in [0.15, 0.2) is 0 Å². The van der Waals surface area contributed by atoms with Crippen LogP contribution in [0.3, 0.4) is 0 Å². The fraction of sp³-hybridized carbons (Fsp3) is 0.0833. The number of nitrogens with zero attached hydrogens (tertiary/aromatic N) is 1. The maximum Gasteiger partial charge on any atom is 0.266 e. The minimum atomic E-state index is -0.545. The minimum Gasteiger partial charge on any atom is -0.488 e. The molecule has 1 amide bonds. The summed E-state index contributed by atoms with van der Waals surface area (Å²) in [7, 11) is 0. The lowest BCUT2D eigenvalue weighted by Gasteiger charge is -2.10. The summed E-state index contributed by atoms with van der Waals surface area (Å²) in [5, 5.41) is 12.8. The average molecular weight is 516 g/mol. The van der Waals surface area contributed by atoms with Crippen molar-refractivity contribution in [2.45, 2.75) is 13.5 Å². The molecule has 0 aliphatic carbocycles. The Morgan fingerprint density at radius 1 is 1.10 bits per heavy atom. The molecule has 0 unspecified atom stereocenters. The Morgan fingerprint density at radius 2 is 1.84 bits per heavy atom. The second-order valence-electron chi connectivity index (χ2n) is 6.72. The van der Waals surface area contributed by atoms with Gasteiger partial charge in [-0.05, 0) is 70.4 Å². The summed E-state index contributed by atoms with van der Waals surface area (Å²) >= 11 is 15.3. The summed E-state index contributed by atoms with van der Waals surface area (Å²) in [6.45, 7) is 2.47. The van der Waals surface area contributed by atoms with Crippen LogP contribution in [0, 0.1) is 18.3 Å². The Labute approximate surface area is 199 Å². The van der Waals surface area contributed by atoms with Crippen LogP contribution in [0.2, 0.25) is 10.0 Å². The van der Waals surface area contributed by atoms with E-state index in [-0.39, 0.29) is 5.57 Å². The molecule has 3 aromatic carbocycles. The van der Waals surface area contributed by atoms with Crippen molar-refractivity contribution in [3.05, 3.63) is 97.4 Å². The summed E-state index contributed by atoms with van der Waals surface area (Å²) in [4.78, 5) is 12.5. The predicted octanol–water partition coefficient (Wildman–Crippen LogP) is 7.19. The van der Waals surface area contributed by atoms with Gasteiger partial charge in [-0.15, -0.1) is 0 Å². The normalized spacial score (nSPS) is 11.0. The number of carbonyl (C=O) groups excluding carboxylic acids is 1. The van der Waals surface area contributed by atoms with Crippen molar-refractivity contribution in [2.75, 3.05) is 5.32 Å². The van der Waals surface area contributed by atoms with E-state index in [1.165, 1.54) is 17.7 Å². The molecular formula is C24H17BrCl2N2O2. The second-order valence-corrected chi connectivity index (χ2v) is 8.39. The van der Waals surface area contributed by atoms with E-state index in [4.69, 9.17) is 27.9 Å². The molecule has 0 saturated carbocycles. The summed E-state index contributed by atoms with van der Waals surface area (Å²) in [6.07, 6.45) is 1.50. The van der Waals surface area contributed by atoms with Crippen LogP contribution in [0.1, 0.15) is 16.7 Å². The quantitative estimate of drug-likeness (QED) is 0.279. The third kappa shape index (κ3) is 6.35. The zero-order chi connectivity index (χ0) is 22.4. The van der Waals surface area contributed by atoms with Gasteiger partial charge in [-0.1, -0.05) is 59.1 Å². The SMILES string of the molecule is Cc1ccc(COc2ccc(/C=C(\C#N)C(=O)Nc3ccc(Cl)c(Cl)c3)cc2Br)cc1. The molecule has 7 heteroatoms. The highest BCUT2D eigenvalue weighted by Gasteiger charge is 2.11. The highest BCUT2D eigenvalue weighted by molar-refractivity contribution is 9.10. The van der Waals surface area contributed by atoms with E-state index < -0.39 is 5.91 Å². The van der Waals surface area contributed by atoms with E-state index in [0.717, 1.165) is 10.0 Å². The van der Waals surface area contributed by atoms with E-state index in [2.05, 4.69) is 21.2 Å². The van der Waals surface area contributed by atoms with Crippen LogP contribution in [0.4, 0.5) is 5.69 Å². The molecule has 0 radical (unpaired) electrons. The zero-order valence-corrected chi connectivity index (χ0v) is 19.6. The smallest absolute Gasteiger partial charge is 0.266 e. The highest BCUT2D eigenvalue weighted by atomic mass is 79.9. The van der Waals surface area contributed by atoms with Gasteiger partial charge < -0.3 is 10.1 Å². The molecular weight excluding hydrogens is 499 g/mol. The van der Waals surface area contributed by atoms with Crippen molar-refractivity contribution >= 4 is 56.8 Å². The van der Waals surface area contributed by atoms with Crippen molar-refractivity contribution in [1.29, 1.82) is 5.26 Å². The van der Waals surface area contributed by atoms with Crippen LogP contribution in [0.5, 0.6) is 5.75 Å². The first kappa shape index (κ1) is 22.9. The van der Waals surface area contributed by atoms with Crippen LogP contribution in [-0.4, -0.2) is 5.91 Å². The molecule has 31 heavy (non-hydrogen) atoms. The van der Waals surface area contributed by atoms with Gasteiger partial charge in [0.05, 0.1) is 14.5 Å². The van der Waals surface area contributed by atoms with Gasteiger partial charge in [0.2, 0.25) is 0 Å². The second kappa shape index (κ2) is 10.5. The van der Waals surface area contributed by atoms with E-state index in [1.807, 2.05) is 37.3 Å². The lowest BCUT2D eigenvalue weighted by atomic mass is 10.1. The minimum absolute atomic E-state index is 0.0497. The molecule has 0 bridgehead atoms. The molecule has 0 atom stereocenters. The van der Waals surface area contributed by atoms with Crippen LogP contribution < -0.4 is 10.1 Å². The lowest BCUT2D eigenvalue weighted by molar-refractivity contribution is -0.112. The van der Waals surface area contributed by atoms with Gasteiger partial charge in [-0.3, -0.25) is 4.79 Å². The van der Waals surface area contributed by atoms with E-state index in [1.54, 1.807) is 30.3 Å². The molecule has 3 aromatic rings. The van der Waals surface area contributed by atoms with Gasteiger partial charge in [0.25, 0.3) is 5.91 Å². The van der Waals surface area contributed by atoms with Crippen LogP contribution in [0.15, 0.2) is 70.7 Å². The summed E-state index contributed by atoms with van der Waals surface area (Å²) < 4.78 is 6.58. The molecule has 0 spiro atoms. The van der Waals surface area contributed by atoms with Crippen molar-refractivity contribution in [3.63, 3.8) is 0 Å². The topological polar surface area (TPSA) is 62.1 Å². The highest BCUT2D eigenvalue weighted by Crippen LogP contribution is 2.28. The lowest BCUT2D eigenvalue weighted by Crippen LogP contribution is -2.13. The third-order valence-electron chi connectivity index (χ3n) is 4.32. The van der Waals surface area contributed by atoms with Crippen molar-refractivity contribution in [1.82, 2.24) is 0 Å². The molecule has 0 aliphatic heterocycles. The Kier molecular flexibility index (Phi) is 7.75. The maximum absolute atomic E-state index is 12.5. The van der Waals surface area contributed by atoms with E-state index >= 15 is 0 Å². The number of rotatable bonds is 6. The van der Waals surface area contributed by atoms with Gasteiger partial charge in [-0.25, -0.2) is 0 Å². The molecule has 0 heterocycles. The number of anilines is 1. The molecule has 0 aromatic heterocycles. The van der Waals surface area contributed by atoms with Gasteiger partial charge >= 0.3 is 0 Å². The van der Waals surface area contributed by atoms with Crippen molar-refractivity contribution in [3.8, 4) is 11.8 Å². The number of nitriles is 1. The average Bonchev–Trinajstić information content (AvgIpc) is 2.75. The molecule has 1 N–H and O–H groups in total. The maximum atomic E-state index is 12.5. The first-order valence-electron chi connectivity index (χ1n) is 9.22. The largest absolute Gasteiger partial charge is 0.488 e. The molecule has 4 nitrogen and oxygen atoms in total. The Bertz CT molecular complexity index is 1190. The zero-order valence-electron chi connectivity index (χ0n) is 16.5. The van der Waals surface area contributed by atoms with Crippen LogP contribution in [-0.2, 0) is 11.4 Å². The number of ether oxygens (including phenoxy) is 1. The Morgan fingerprint density at radius 3 is 2.48 bits per heavy atom. The Balaban J connectivity index is 1.70. The monoisotopic (exact) mass is 514 g/mol. The Hall–Kier alpha value is -2.78. The van der Waals surface area contributed by atoms with E-state index in [0.29, 0.717) is 33.7 Å². The first-order chi connectivity index (χ1) is 14.9. The molecule has 0 aliphatic rings. The summed E-state index contributed by atoms with van der Waals surface area (Å²) in [6, 6.07) is 20.1. The number of benzene rings is 3. The van der Waals surface area contributed by atoms with E-state index in [9.17, 15) is 10.1 Å². The number of carbonyl (C=O) groups is 1. The molecule has 0 saturated heterocycles. The fourth-order valence-corrected chi connectivity index (χ4v) is 3.47. The summed E-state index contributed by atoms with van der Waals surface area (Å²) in [5.41, 5.74) is 3.33. The molecule has 0 fully saturated rings. The predicted molar refractivity (Wildman–Crippen MR) is 128 cm³/mol. The van der Waals surface area contributed by atoms with Gasteiger partial charge in [0.1, 0.15) is 24.0 Å². The first-order valence-corrected chi connectivity index (χ1v) is 10.8. The number of nitrogens with one attached hydrogen (secondary N) is 1. The third-order valence-corrected chi connectivity index (χ3v) is 5.68. The number of aryl methyl sites for hydroxylation is 1. The molecule has 3 rings (SSSR count). The number of hydrogen-bond acceptors (Lipinski definition) is 3. The van der Waals surface area contributed by atoms with Crippen molar-refractivity contribution < 1.29 is 9.53 Å². The fourth-order valence-electron chi connectivity index (χ4n) is 2.66. The molecule has 156 valence electrons. The number of halogens is 3. The summed E-state index contributed by atoms with van der Waals surface area (Å²) in [5.74, 6) is 0.119. The van der Waals surface area contributed by atoms with Gasteiger partial charge in [-0.2, -0.15) is 5.26 Å². The van der Waals surface area contributed by atoms with Crippen molar-refractivity contribution in [2.24, 2.45) is 0 Å². The van der Waals surface area contributed by atoms with Gasteiger partial charge in [0, 0.05) is 5.69 Å². The van der Waals surface area contributed by atoms with Crippen LogP contribution in [0.25, 0.3) is 6.08 Å². The number of amides is 1. The number of hydrogen-bond donors (Lipinski definition) is 1. The van der Waals surface area contributed by atoms with Crippen LogP contribution >= 0.6 is 39.1 Å².